The van der Waals surface area contributed by atoms with E-state index in [9.17, 15) is 0 Å². The Hall–Kier alpha value is -0.280. The Bertz CT molecular complexity index is 382. The first kappa shape index (κ1) is 13.2. The molecule has 1 fully saturated rings. The molecule has 0 aliphatic carbocycles. The van der Waals surface area contributed by atoms with Gasteiger partial charge < -0.3 is 5.32 Å². The van der Waals surface area contributed by atoms with Crippen LogP contribution in [0.5, 0.6) is 0 Å². The third-order valence-corrected chi connectivity index (χ3v) is 3.68. The molecule has 1 N–H and O–H groups in total. The Morgan fingerprint density at radius 2 is 2.24 bits per heavy atom. The number of halogens is 2. The summed E-state index contributed by atoms with van der Waals surface area (Å²) in [6, 6.07) is 6.21. The van der Waals surface area contributed by atoms with Crippen molar-refractivity contribution < 1.29 is 0 Å². The van der Waals surface area contributed by atoms with E-state index in [1.807, 2.05) is 18.2 Å². The van der Waals surface area contributed by atoms with Crippen LogP contribution < -0.4 is 5.32 Å². The summed E-state index contributed by atoms with van der Waals surface area (Å²) in [4.78, 5) is 2.43. The van der Waals surface area contributed by atoms with E-state index < -0.39 is 0 Å². The molecule has 1 aliphatic rings. The topological polar surface area (TPSA) is 15.3 Å². The first-order valence-electron chi connectivity index (χ1n) is 6.05. The quantitative estimate of drug-likeness (QED) is 0.890. The second-order valence-electron chi connectivity index (χ2n) is 4.68. The Balaban J connectivity index is 2.06. The summed E-state index contributed by atoms with van der Waals surface area (Å²) in [5.74, 6) is 0. The minimum absolute atomic E-state index is 0.537. The van der Waals surface area contributed by atoms with Crippen molar-refractivity contribution in [2.75, 3.05) is 19.6 Å². The van der Waals surface area contributed by atoms with Crippen LogP contribution in [0.15, 0.2) is 18.2 Å². The van der Waals surface area contributed by atoms with Crippen LogP contribution in [0.1, 0.15) is 18.9 Å². The van der Waals surface area contributed by atoms with E-state index in [0.29, 0.717) is 6.04 Å². The van der Waals surface area contributed by atoms with Crippen LogP contribution in [-0.4, -0.2) is 30.6 Å². The molecule has 2 nitrogen and oxygen atoms in total. The minimum Gasteiger partial charge on any atom is -0.313 e. The lowest BCUT2D eigenvalue weighted by Crippen LogP contribution is -2.35. The van der Waals surface area contributed by atoms with Gasteiger partial charge in [0.05, 0.1) is 0 Å². The molecule has 94 valence electrons. The molecule has 0 radical (unpaired) electrons. The second-order valence-corrected chi connectivity index (χ2v) is 5.52. The first-order valence-corrected chi connectivity index (χ1v) is 6.80. The molecule has 1 atom stereocenters. The van der Waals surface area contributed by atoms with Gasteiger partial charge in [0.25, 0.3) is 0 Å². The van der Waals surface area contributed by atoms with Gasteiger partial charge >= 0.3 is 0 Å². The molecule has 1 aromatic carbocycles. The minimum atomic E-state index is 0.537. The van der Waals surface area contributed by atoms with Crippen molar-refractivity contribution in [3.8, 4) is 0 Å². The number of hydrogen-bond acceptors (Lipinski definition) is 2. The lowest BCUT2D eigenvalue weighted by Gasteiger charge is -2.22. The van der Waals surface area contributed by atoms with Crippen LogP contribution in [0, 0.1) is 0 Å². The maximum absolute atomic E-state index is 6.19. The fourth-order valence-corrected chi connectivity index (χ4v) is 2.62. The number of benzene rings is 1. The van der Waals surface area contributed by atoms with Crippen LogP contribution in [0.3, 0.4) is 0 Å². The van der Waals surface area contributed by atoms with Crippen LogP contribution >= 0.6 is 23.2 Å². The smallest absolute Gasteiger partial charge is 0.0452 e. The maximum Gasteiger partial charge on any atom is 0.0452 e. The average Bonchev–Trinajstić information content (AvgIpc) is 2.48. The fourth-order valence-electron chi connectivity index (χ4n) is 2.24. The van der Waals surface area contributed by atoms with Crippen LogP contribution in [0.25, 0.3) is 0 Å². The van der Waals surface area contributed by atoms with Gasteiger partial charge in [0.1, 0.15) is 0 Å². The molecule has 1 aromatic rings. The zero-order valence-corrected chi connectivity index (χ0v) is 11.6. The number of hydrogen-bond donors (Lipinski definition) is 1. The van der Waals surface area contributed by atoms with E-state index >= 15 is 0 Å². The lowest BCUT2D eigenvalue weighted by molar-refractivity contribution is 0.265. The van der Waals surface area contributed by atoms with Gasteiger partial charge in [-0.2, -0.15) is 0 Å². The Morgan fingerprint density at radius 1 is 1.41 bits per heavy atom. The van der Waals surface area contributed by atoms with Gasteiger partial charge in [-0.15, -0.1) is 0 Å². The Kier molecular flexibility index (Phi) is 4.69. The third kappa shape index (κ3) is 3.85. The summed E-state index contributed by atoms with van der Waals surface area (Å²) in [6.07, 6.45) is 1.18. The molecule has 1 aliphatic heterocycles. The maximum atomic E-state index is 6.19. The summed E-state index contributed by atoms with van der Waals surface area (Å²) < 4.78 is 0. The van der Waals surface area contributed by atoms with Crippen molar-refractivity contribution in [2.24, 2.45) is 0 Å². The van der Waals surface area contributed by atoms with Gasteiger partial charge in [-0.3, -0.25) is 4.90 Å². The Morgan fingerprint density at radius 3 is 3.06 bits per heavy atom. The van der Waals surface area contributed by atoms with Crippen LogP contribution in [0.4, 0.5) is 0 Å². The van der Waals surface area contributed by atoms with Crippen LogP contribution in [0.2, 0.25) is 10.0 Å². The summed E-state index contributed by atoms with van der Waals surface area (Å²) in [5.41, 5.74) is 1.12. The largest absolute Gasteiger partial charge is 0.313 e. The Labute approximate surface area is 113 Å². The molecular weight excluding hydrogens is 255 g/mol. The van der Waals surface area contributed by atoms with Gasteiger partial charge in [0.2, 0.25) is 0 Å². The highest BCUT2D eigenvalue weighted by atomic mass is 35.5. The molecule has 4 heteroatoms. The highest BCUT2D eigenvalue weighted by Gasteiger charge is 2.15. The monoisotopic (exact) mass is 272 g/mol. The van der Waals surface area contributed by atoms with E-state index in [-0.39, 0.29) is 0 Å². The molecule has 0 aromatic heterocycles. The molecule has 0 amide bonds. The molecule has 0 saturated carbocycles. The lowest BCUT2D eigenvalue weighted by atomic mass is 10.2. The van der Waals surface area contributed by atoms with Gasteiger partial charge in [-0.25, -0.2) is 0 Å². The van der Waals surface area contributed by atoms with E-state index in [4.69, 9.17) is 23.2 Å². The van der Waals surface area contributed by atoms with E-state index in [1.54, 1.807) is 0 Å². The van der Waals surface area contributed by atoms with E-state index in [2.05, 4.69) is 17.1 Å². The van der Waals surface area contributed by atoms with Gasteiger partial charge in [-0.1, -0.05) is 23.2 Å². The molecule has 0 bridgehead atoms. The number of nitrogens with zero attached hydrogens (tertiary/aromatic N) is 1. The number of nitrogens with one attached hydrogen (secondary N) is 1. The summed E-state index contributed by atoms with van der Waals surface area (Å²) in [7, 11) is 0. The summed E-state index contributed by atoms with van der Waals surface area (Å²) >= 11 is 12.2. The number of rotatable bonds is 2. The molecule has 17 heavy (non-hydrogen) atoms. The summed E-state index contributed by atoms with van der Waals surface area (Å²) in [6.45, 7) is 6.37. The SMILES string of the molecule is CC1CN(Cc2cc(Cl)ccc2Cl)CCCN1. The van der Waals surface area contributed by atoms with E-state index in [1.165, 1.54) is 6.42 Å². The van der Waals surface area contributed by atoms with E-state index in [0.717, 1.165) is 41.8 Å². The van der Waals surface area contributed by atoms with Crippen molar-refractivity contribution in [2.45, 2.75) is 25.9 Å². The predicted octanol–water partition coefficient (Wildman–Crippen LogP) is 3.18. The molecule has 0 spiro atoms. The van der Waals surface area contributed by atoms with Gasteiger partial charge in [0.15, 0.2) is 0 Å². The van der Waals surface area contributed by atoms with Crippen molar-refractivity contribution in [3.05, 3.63) is 33.8 Å². The predicted molar refractivity (Wildman–Crippen MR) is 73.8 cm³/mol. The molecule has 1 unspecified atom stereocenters. The molecular formula is C13H18Cl2N2. The normalized spacial score (nSPS) is 22.4. The first-order chi connectivity index (χ1) is 8.15. The zero-order chi connectivity index (χ0) is 12.3. The van der Waals surface area contributed by atoms with Crippen LogP contribution in [-0.2, 0) is 6.54 Å². The van der Waals surface area contributed by atoms with Gasteiger partial charge in [0, 0.05) is 29.2 Å². The van der Waals surface area contributed by atoms with Gasteiger partial charge in [-0.05, 0) is 50.2 Å². The fraction of sp³-hybridized carbons (Fsp3) is 0.538. The molecule has 1 heterocycles. The van der Waals surface area contributed by atoms with Crippen molar-refractivity contribution in [1.82, 2.24) is 10.2 Å². The second kappa shape index (κ2) is 6.05. The van der Waals surface area contributed by atoms with Crippen molar-refractivity contribution >= 4 is 23.2 Å². The zero-order valence-electron chi connectivity index (χ0n) is 10.0. The highest BCUT2D eigenvalue weighted by Crippen LogP contribution is 2.22. The molecule has 2 rings (SSSR count). The van der Waals surface area contributed by atoms with Crippen molar-refractivity contribution in [1.29, 1.82) is 0 Å². The third-order valence-electron chi connectivity index (χ3n) is 3.08. The van der Waals surface area contributed by atoms with Crippen molar-refractivity contribution in [3.63, 3.8) is 0 Å². The average molecular weight is 273 g/mol. The molecule has 1 saturated heterocycles. The summed E-state index contributed by atoms with van der Waals surface area (Å²) in [5, 5.41) is 5.05. The highest BCUT2D eigenvalue weighted by molar-refractivity contribution is 6.33. The standard InChI is InChI=1S/C13H18Cl2N2/c1-10-8-17(6-2-5-16-10)9-11-7-12(14)3-4-13(11)15/h3-4,7,10,16H,2,5-6,8-9H2,1H3.